The van der Waals surface area contributed by atoms with Crippen molar-refractivity contribution in [3.05, 3.63) is 59.0 Å². The number of nitrogens with zero attached hydrogens (tertiary/aromatic N) is 2. The quantitative estimate of drug-likeness (QED) is 0.450. The lowest BCUT2D eigenvalue weighted by Gasteiger charge is -2.20. The Hall–Kier alpha value is -2.83. The standard InChI is InChI=1S/C25H26F3N3O2S/c1-25(2,3)14-31-13-16(12-30-34(32,33)17-7-8-17)19-9-21(26)20(10-22(19)31)23-15(11-29)5-4-6-18(23)24(27)28/h4-6,9-10,13,17,24,30H,7-8,12,14H2,1-3H3. The minimum Gasteiger partial charge on any atom is -0.347 e. The summed E-state index contributed by atoms with van der Waals surface area (Å²) in [4.78, 5) is 0. The van der Waals surface area contributed by atoms with Gasteiger partial charge in [-0.05, 0) is 42.0 Å². The van der Waals surface area contributed by atoms with Crippen LogP contribution < -0.4 is 4.72 Å². The van der Waals surface area contributed by atoms with Crippen LogP contribution >= 0.6 is 0 Å². The summed E-state index contributed by atoms with van der Waals surface area (Å²) in [5.74, 6) is -0.753. The largest absolute Gasteiger partial charge is 0.347 e. The molecule has 0 saturated heterocycles. The van der Waals surface area contributed by atoms with E-state index in [1.165, 1.54) is 30.3 Å². The van der Waals surface area contributed by atoms with Crippen molar-refractivity contribution in [1.29, 1.82) is 5.26 Å². The van der Waals surface area contributed by atoms with E-state index in [9.17, 15) is 22.5 Å². The Morgan fingerprint density at radius 1 is 1.24 bits per heavy atom. The molecule has 0 radical (unpaired) electrons. The van der Waals surface area contributed by atoms with Gasteiger partial charge >= 0.3 is 0 Å². The first kappa shape index (κ1) is 24.3. The molecule has 9 heteroatoms. The molecule has 1 N–H and O–H groups in total. The van der Waals surface area contributed by atoms with Crippen molar-refractivity contribution in [1.82, 2.24) is 9.29 Å². The van der Waals surface area contributed by atoms with Gasteiger partial charge < -0.3 is 4.57 Å². The Balaban J connectivity index is 1.89. The van der Waals surface area contributed by atoms with E-state index < -0.39 is 27.8 Å². The number of sulfonamides is 1. The van der Waals surface area contributed by atoms with Gasteiger partial charge in [0.05, 0.1) is 16.9 Å². The first-order valence-corrected chi connectivity index (χ1v) is 12.6. The molecule has 0 amide bonds. The third kappa shape index (κ3) is 4.84. The van der Waals surface area contributed by atoms with Crippen LogP contribution in [0.25, 0.3) is 22.0 Å². The normalized spacial score (nSPS) is 14.6. The van der Waals surface area contributed by atoms with Gasteiger partial charge in [0.1, 0.15) is 5.82 Å². The van der Waals surface area contributed by atoms with Gasteiger partial charge in [-0.2, -0.15) is 5.26 Å². The van der Waals surface area contributed by atoms with Crippen molar-refractivity contribution < 1.29 is 21.6 Å². The molecule has 1 aromatic heterocycles. The summed E-state index contributed by atoms with van der Waals surface area (Å²) >= 11 is 0. The zero-order valence-corrected chi connectivity index (χ0v) is 20.0. The fourth-order valence-corrected chi connectivity index (χ4v) is 5.53. The number of nitrogens with one attached hydrogen (secondary N) is 1. The van der Waals surface area contributed by atoms with Crippen molar-refractivity contribution in [3.63, 3.8) is 0 Å². The molecule has 3 aromatic rings. The van der Waals surface area contributed by atoms with Crippen LogP contribution in [0.1, 0.15) is 56.7 Å². The molecule has 1 aliphatic rings. The zero-order valence-electron chi connectivity index (χ0n) is 19.2. The average molecular weight is 490 g/mol. The van der Waals surface area contributed by atoms with Crippen molar-refractivity contribution >= 4 is 20.9 Å². The highest BCUT2D eigenvalue weighted by atomic mass is 32.2. The molecule has 180 valence electrons. The monoisotopic (exact) mass is 489 g/mol. The van der Waals surface area contributed by atoms with Gasteiger partial charge in [0.15, 0.2) is 0 Å². The van der Waals surface area contributed by atoms with Gasteiger partial charge in [-0.3, -0.25) is 0 Å². The maximum Gasteiger partial charge on any atom is 0.264 e. The number of alkyl halides is 2. The maximum absolute atomic E-state index is 15.4. The Morgan fingerprint density at radius 2 is 1.94 bits per heavy atom. The van der Waals surface area contributed by atoms with E-state index in [-0.39, 0.29) is 33.9 Å². The molecule has 0 aliphatic heterocycles. The summed E-state index contributed by atoms with van der Waals surface area (Å²) < 4.78 is 72.1. The van der Waals surface area contributed by atoms with Crippen molar-refractivity contribution in [3.8, 4) is 17.2 Å². The second kappa shape index (κ2) is 8.75. The molecule has 1 saturated carbocycles. The predicted octanol–water partition coefficient (Wildman–Crippen LogP) is 5.88. The van der Waals surface area contributed by atoms with Crippen LogP contribution in [0.2, 0.25) is 0 Å². The summed E-state index contributed by atoms with van der Waals surface area (Å²) in [5, 5.41) is 9.63. The van der Waals surface area contributed by atoms with Gasteiger partial charge in [0, 0.05) is 46.9 Å². The molecular formula is C25H26F3N3O2S. The van der Waals surface area contributed by atoms with E-state index in [0.29, 0.717) is 35.9 Å². The number of hydrogen-bond donors (Lipinski definition) is 1. The summed E-state index contributed by atoms with van der Waals surface area (Å²) in [7, 11) is -3.44. The summed E-state index contributed by atoms with van der Waals surface area (Å²) in [6, 6.07) is 8.55. The van der Waals surface area contributed by atoms with Crippen LogP contribution in [-0.2, 0) is 23.1 Å². The minimum atomic E-state index is -3.44. The SMILES string of the molecule is CC(C)(C)Cn1cc(CNS(=O)(=O)C2CC2)c2cc(F)c(-c3c(C#N)cccc3C(F)F)cc21. The third-order valence-electron chi connectivity index (χ3n) is 5.85. The highest BCUT2D eigenvalue weighted by molar-refractivity contribution is 7.90. The number of benzene rings is 2. The van der Waals surface area contributed by atoms with Crippen LogP contribution in [0.5, 0.6) is 0 Å². The fraction of sp³-hybridized carbons (Fsp3) is 0.400. The number of hydrogen-bond acceptors (Lipinski definition) is 3. The van der Waals surface area contributed by atoms with E-state index in [2.05, 4.69) is 4.72 Å². The zero-order chi connectivity index (χ0) is 24.8. The lowest BCUT2D eigenvalue weighted by molar-refractivity contribution is 0.152. The fourth-order valence-electron chi connectivity index (χ4n) is 4.18. The second-order valence-corrected chi connectivity index (χ2v) is 12.0. The van der Waals surface area contributed by atoms with E-state index >= 15 is 4.39 Å². The molecule has 34 heavy (non-hydrogen) atoms. The molecule has 0 spiro atoms. The number of aromatic nitrogens is 1. The molecule has 1 fully saturated rings. The van der Waals surface area contributed by atoms with Crippen molar-refractivity contribution in [2.75, 3.05) is 0 Å². The summed E-state index contributed by atoms with van der Waals surface area (Å²) in [5.41, 5.74) is 0.351. The number of halogens is 3. The van der Waals surface area contributed by atoms with Crippen LogP contribution in [-0.4, -0.2) is 18.2 Å². The minimum absolute atomic E-state index is 0.00231. The van der Waals surface area contributed by atoms with Crippen LogP contribution in [0, 0.1) is 22.6 Å². The van der Waals surface area contributed by atoms with E-state index in [4.69, 9.17) is 0 Å². The van der Waals surface area contributed by atoms with Crippen LogP contribution in [0.3, 0.4) is 0 Å². The van der Waals surface area contributed by atoms with Crippen LogP contribution in [0.4, 0.5) is 13.2 Å². The molecule has 0 unspecified atom stereocenters. The van der Waals surface area contributed by atoms with Gasteiger partial charge in [0.2, 0.25) is 10.0 Å². The highest BCUT2D eigenvalue weighted by Crippen LogP contribution is 2.38. The van der Waals surface area contributed by atoms with E-state index in [1.807, 2.05) is 31.4 Å². The summed E-state index contributed by atoms with van der Waals surface area (Å²) in [6.45, 7) is 6.61. The first-order valence-electron chi connectivity index (χ1n) is 11.0. The van der Waals surface area contributed by atoms with Gasteiger partial charge in [-0.25, -0.2) is 26.3 Å². The highest BCUT2D eigenvalue weighted by Gasteiger charge is 2.35. The molecule has 4 rings (SSSR count). The molecule has 1 heterocycles. The van der Waals surface area contributed by atoms with E-state index in [1.54, 1.807) is 6.20 Å². The molecule has 2 aromatic carbocycles. The predicted molar refractivity (Wildman–Crippen MR) is 125 cm³/mol. The molecule has 1 aliphatic carbocycles. The van der Waals surface area contributed by atoms with E-state index in [0.717, 1.165) is 0 Å². The smallest absolute Gasteiger partial charge is 0.264 e. The number of rotatable bonds is 7. The van der Waals surface area contributed by atoms with Crippen LogP contribution in [0.15, 0.2) is 36.5 Å². The van der Waals surface area contributed by atoms with Gasteiger partial charge in [-0.15, -0.1) is 0 Å². The molecular weight excluding hydrogens is 463 g/mol. The number of fused-ring (bicyclic) bond motifs is 1. The first-order chi connectivity index (χ1) is 15.9. The van der Waals surface area contributed by atoms with Crippen molar-refractivity contribution in [2.24, 2.45) is 5.41 Å². The molecule has 0 bridgehead atoms. The van der Waals surface area contributed by atoms with Gasteiger partial charge in [-0.1, -0.05) is 32.9 Å². The molecule has 0 atom stereocenters. The second-order valence-electron chi connectivity index (χ2n) is 9.94. The lowest BCUT2D eigenvalue weighted by atomic mass is 9.93. The third-order valence-corrected chi connectivity index (χ3v) is 7.74. The Bertz CT molecular complexity index is 1400. The average Bonchev–Trinajstić information content (AvgIpc) is 3.56. The topological polar surface area (TPSA) is 74.9 Å². The number of nitriles is 1. The van der Waals surface area contributed by atoms with Gasteiger partial charge in [0.25, 0.3) is 6.43 Å². The van der Waals surface area contributed by atoms with Crippen molar-refractivity contribution in [2.45, 2.75) is 58.4 Å². The Morgan fingerprint density at radius 3 is 2.53 bits per heavy atom. The summed E-state index contributed by atoms with van der Waals surface area (Å²) in [6.07, 6.45) is 0.152. The molecule has 5 nitrogen and oxygen atoms in total. The maximum atomic E-state index is 15.4. The lowest BCUT2D eigenvalue weighted by Crippen LogP contribution is -2.26. The Kier molecular flexibility index (Phi) is 6.25. The Labute approximate surface area is 197 Å².